The van der Waals surface area contributed by atoms with Gasteiger partial charge in [-0.1, -0.05) is 32.9 Å². The summed E-state index contributed by atoms with van der Waals surface area (Å²) in [4.78, 5) is 16.0. The van der Waals surface area contributed by atoms with Crippen molar-refractivity contribution in [3.05, 3.63) is 24.3 Å². The summed E-state index contributed by atoms with van der Waals surface area (Å²) >= 11 is 0. The molecular formula is C19H32N4O3. The van der Waals surface area contributed by atoms with Crippen molar-refractivity contribution in [2.24, 2.45) is 10.4 Å². The first-order valence-corrected chi connectivity index (χ1v) is 8.80. The lowest BCUT2D eigenvalue weighted by atomic mass is 9.96. The highest BCUT2D eigenvalue weighted by Gasteiger charge is 2.20. The van der Waals surface area contributed by atoms with E-state index in [1.165, 1.54) is 0 Å². The number of methoxy groups -OCH3 is 1. The van der Waals surface area contributed by atoms with Gasteiger partial charge in [0.25, 0.3) is 0 Å². The Balaban J connectivity index is 2.34. The normalized spacial score (nSPS) is 12.9. The summed E-state index contributed by atoms with van der Waals surface area (Å²) in [6.07, 6.45) is -0.0783. The second-order valence-corrected chi connectivity index (χ2v) is 6.97. The van der Waals surface area contributed by atoms with Gasteiger partial charge in [0.2, 0.25) is 5.91 Å². The third-order valence-electron chi connectivity index (χ3n) is 3.56. The molecule has 0 fully saturated rings. The van der Waals surface area contributed by atoms with Crippen molar-refractivity contribution in [1.29, 1.82) is 0 Å². The molecule has 1 aromatic carbocycles. The molecule has 0 aromatic heterocycles. The van der Waals surface area contributed by atoms with Crippen molar-refractivity contribution in [2.75, 3.05) is 33.8 Å². The van der Waals surface area contributed by atoms with Gasteiger partial charge in [-0.2, -0.15) is 0 Å². The van der Waals surface area contributed by atoms with Gasteiger partial charge in [0.05, 0.1) is 13.7 Å². The van der Waals surface area contributed by atoms with Crippen molar-refractivity contribution in [1.82, 2.24) is 16.0 Å². The summed E-state index contributed by atoms with van der Waals surface area (Å²) in [6, 6.07) is 7.55. The number of carbonyl (C=O) groups is 1. The maximum absolute atomic E-state index is 11.8. The number of benzene rings is 1. The van der Waals surface area contributed by atoms with E-state index in [1.54, 1.807) is 14.2 Å². The van der Waals surface area contributed by atoms with Crippen LogP contribution in [0.15, 0.2) is 29.3 Å². The molecule has 3 N–H and O–H groups in total. The largest absolute Gasteiger partial charge is 0.493 e. The molecule has 1 aromatic rings. The number of nitrogens with one attached hydrogen (secondary N) is 3. The topological polar surface area (TPSA) is 84.0 Å². The van der Waals surface area contributed by atoms with Gasteiger partial charge in [0, 0.05) is 25.6 Å². The number of hydrogen-bond donors (Lipinski definition) is 3. The summed E-state index contributed by atoms with van der Waals surface area (Å²) in [7, 11) is 3.32. The SMILES string of the molecule is CN=C(NCCNC(=O)C(C)(C)C)NCC(C)Oc1ccccc1OC. The van der Waals surface area contributed by atoms with Gasteiger partial charge in [-0.05, 0) is 19.1 Å². The first-order valence-electron chi connectivity index (χ1n) is 8.80. The minimum absolute atomic E-state index is 0.0288. The molecular weight excluding hydrogens is 332 g/mol. The van der Waals surface area contributed by atoms with Crippen LogP contribution < -0.4 is 25.4 Å². The lowest BCUT2D eigenvalue weighted by Gasteiger charge is -2.20. The van der Waals surface area contributed by atoms with Crippen LogP contribution in [-0.4, -0.2) is 51.8 Å². The van der Waals surface area contributed by atoms with E-state index in [-0.39, 0.29) is 17.4 Å². The minimum atomic E-state index is -0.384. The zero-order chi connectivity index (χ0) is 19.6. The second-order valence-electron chi connectivity index (χ2n) is 6.97. The fraction of sp³-hybridized carbons (Fsp3) is 0.579. The van der Waals surface area contributed by atoms with Gasteiger partial charge in [-0.3, -0.25) is 9.79 Å². The molecule has 0 aliphatic rings. The van der Waals surface area contributed by atoms with E-state index in [4.69, 9.17) is 9.47 Å². The number of hydrogen-bond acceptors (Lipinski definition) is 4. The van der Waals surface area contributed by atoms with E-state index in [9.17, 15) is 4.79 Å². The molecule has 0 radical (unpaired) electrons. The Hall–Kier alpha value is -2.44. The molecule has 1 amide bonds. The van der Waals surface area contributed by atoms with E-state index in [2.05, 4.69) is 20.9 Å². The molecule has 7 heteroatoms. The zero-order valence-electron chi connectivity index (χ0n) is 16.7. The van der Waals surface area contributed by atoms with E-state index in [0.29, 0.717) is 37.1 Å². The van der Waals surface area contributed by atoms with Crippen LogP contribution in [0, 0.1) is 5.41 Å². The molecule has 1 rings (SSSR count). The molecule has 1 atom stereocenters. The summed E-state index contributed by atoms with van der Waals surface area (Å²) < 4.78 is 11.2. The average molecular weight is 364 g/mol. The lowest BCUT2D eigenvalue weighted by molar-refractivity contribution is -0.128. The molecule has 0 spiro atoms. The Bertz CT molecular complexity index is 597. The molecule has 0 heterocycles. The molecule has 0 bridgehead atoms. The van der Waals surface area contributed by atoms with Crippen molar-refractivity contribution >= 4 is 11.9 Å². The van der Waals surface area contributed by atoms with Crippen LogP contribution in [0.3, 0.4) is 0 Å². The van der Waals surface area contributed by atoms with Crippen LogP contribution in [0.4, 0.5) is 0 Å². The van der Waals surface area contributed by atoms with Crippen LogP contribution >= 0.6 is 0 Å². The van der Waals surface area contributed by atoms with Crippen molar-refractivity contribution < 1.29 is 14.3 Å². The average Bonchev–Trinajstić information content (AvgIpc) is 2.60. The third-order valence-corrected chi connectivity index (χ3v) is 3.56. The summed E-state index contributed by atoms with van der Waals surface area (Å²) in [5.74, 6) is 2.10. The van der Waals surface area contributed by atoms with Gasteiger partial charge < -0.3 is 25.4 Å². The lowest BCUT2D eigenvalue weighted by Crippen LogP contribution is -2.45. The van der Waals surface area contributed by atoms with Crippen LogP contribution in [0.5, 0.6) is 11.5 Å². The maximum atomic E-state index is 11.8. The number of amides is 1. The number of ether oxygens (including phenoxy) is 2. The van der Waals surface area contributed by atoms with E-state index >= 15 is 0 Å². The predicted octanol–water partition coefficient (Wildman–Crippen LogP) is 1.79. The van der Waals surface area contributed by atoms with Crippen LogP contribution in [0.25, 0.3) is 0 Å². The summed E-state index contributed by atoms with van der Waals surface area (Å²) in [5.41, 5.74) is -0.384. The summed E-state index contributed by atoms with van der Waals surface area (Å²) in [5, 5.41) is 9.26. The van der Waals surface area contributed by atoms with Crippen molar-refractivity contribution in [2.45, 2.75) is 33.8 Å². The highest BCUT2D eigenvalue weighted by atomic mass is 16.5. The highest BCUT2D eigenvalue weighted by molar-refractivity contribution is 5.81. The minimum Gasteiger partial charge on any atom is -0.493 e. The molecule has 0 saturated heterocycles. The number of aliphatic imine (C=N–C) groups is 1. The van der Waals surface area contributed by atoms with Crippen molar-refractivity contribution in [3.8, 4) is 11.5 Å². The standard InChI is InChI=1S/C19H32N4O3/c1-14(26-16-10-8-7-9-15(16)25-6)13-23-18(20-5)22-12-11-21-17(24)19(2,3)4/h7-10,14H,11-13H2,1-6H3,(H,21,24)(H2,20,22,23). The van der Waals surface area contributed by atoms with E-state index in [0.717, 1.165) is 0 Å². The van der Waals surface area contributed by atoms with E-state index in [1.807, 2.05) is 52.0 Å². The quantitative estimate of drug-likeness (QED) is 0.372. The second kappa shape index (κ2) is 10.5. The Labute approximate surface area is 156 Å². The Morgan fingerprint density at radius 3 is 2.31 bits per heavy atom. The fourth-order valence-electron chi connectivity index (χ4n) is 2.06. The number of para-hydroxylation sites is 2. The smallest absolute Gasteiger partial charge is 0.225 e. The maximum Gasteiger partial charge on any atom is 0.225 e. The van der Waals surface area contributed by atoms with Crippen LogP contribution in [0.1, 0.15) is 27.7 Å². The van der Waals surface area contributed by atoms with Crippen LogP contribution in [0.2, 0.25) is 0 Å². The Morgan fingerprint density at radius 2 is 1.73 bits per heavy atom. The van der Waals surface area contributed by atoms with Gasteiger partial charge in [0.1, 0.15) is 6.10 Å². The zero-order valence-corrected chi connectivity index (χ0v) is 16.7. The molecule has 0 saturated carbocycles. The van der Waals surface area contributed by atoms with Crippen molar-refractivity contribution in [3.63, 3.8) is 0 Å². The number of guanidine groups is 1. The fourth-order valence-corrected chi connectivity index (χ4v) is 2.06. The molecule has 1 unspecified atom stereocenters. The van der Waals surface area contributed by atoms with E-state index < -0.39 is 0 Å². The Morgan fingerprint density at radius 1 is 1.12 bits per heavy atom. The van der Waals surface area contributed by atoms with Gasteiger partial charge >= 0.3 is 0 Å². The number of carbonyl (C=O) groups excluding carboxylic acids is 1. The third kappa shape index (κ3) is 7.63. The number of nitrogens with zero attached hydrogens (tertiary/aromatic N) is 1. The summed E-state index contributed by atoms with van der Waals surface area (Å²) in [6.45, 7) is 9.33. The molecule has 0 aliphatic carbocycles. The molecule has 146 valence electrons. The first kappa shape index (κ1) is 21.6. The van der Waals surface area contributed by atoms with Gasteiger partial charge in [0.15, 0.2) is 17.5 Å². The Kier molecular flexibility index (Phi) is 8.75. The molecule has 0 aliphatic heterocycles. The van der Waals surface area contributed by atoms with Crippen LogP contribution in [-0.2, 0) is 4.79 Å². The highest BCUT2D eigenvalue weighted by Crippen LogP contribution is 2.26. The first-order chi connectivity index (χ1) is 12.3. The predicted molar refractivity (Wildman–Crippen MR) is 105 cm³/mol. The van der Waals surface area contributed by atoms with Gasteiger partial charge in [-0.15, -0.1) is 0 Å². The monoisotopic (exact) mass is 364 g/mol. The number of rotatable bonds is 8. The van der Waals surface area contributed by atoms with Gasteiger partial charge in [-0.25, -0.2) is 0 Å². The molecule has 26 heavy (non-hydrogen) atoms. The molecule has 7 nitrogen and oxygen atoms in total.